The average Bonchev–Trinajstić information content (AvgIpc) is 2.73. The van der Waals surface area contributed by atoms with Gasteiger partial charge in [0, 0.05) is 6.92 Å². The van der Waals surface area contributed by atoms with Gasteiger partial charge in [0.1, 0.15) is 12.2 Å². The summed E-state index contributed by atoms with van der Waals surface area (Å²) in [6, 6.07) is 18.5. The van der Waals surface area contributed by atoms with Crippen LogP contribution in [0.2, 0.25) is 0 Å². The lowest BCUT2D eigenvalue weighted by atomic mass is 9.97. The standard InChI is InChI=1S/C22H24O8/c1-14(23)29-18-17(27-12-15-8-4-2-5-9-15)20(22(26)30-19(18)21(24)25)28-13-16-10-6-3-7-11-16/h2-11,17-20,22,26H,12-13H2,1H3,(H,24,25)/t17-,18-,19-,20+,22?/m0/s1. The third-order valence-corrected chi connectivity index (χ3v) is 4.63. The summed E-state index contributed by atoms with van der Waals surface area (Å²) < 4.78 is 22.2. The van der Waals surface area contributed by atoms with Crippen molar-refractivity contribution in [3.05, 3.63) is 71.8 Å². The molecule has 0 bridgehead atoms. The molecule has 1 aliphatic rings. The molecule has 0 radical (unpaired) electrons. The number of aliphatic carboxylic acids is 1. The fourth-order valence-electron chi connectivity index (χ4n) is 3.25. The van der Waals surface area contributed by atoms with Crippen molar-refractivity contribution in [2.24, 2.45) is 0 Å². The number of benzene rings is 2. The van der Waals surface area contributed by atoms with Crippen LogP contribution in [-0.4, -0.2) is 52.9 Å². The maximum atomic E-state index is 11.7. The molecule has 0 aliphatic carbocycles. The first-order chi connectivity index (χ1) is 14.5. The van der Waals surface area contributed by atoms with E-state index in [9.17, 15) is 19.8 Å². The van der Waals surface area contributed by atoms with Crippen molar-refractivity contribution in [2.75, 3.05) is 0 Å². The van der Waals surface area contributed by atoms with Crippen LogP contribution in [0, 0.1) is 0 Å². The summed E-state index contributed by atoms with van der Waals surface area (Å²) in [5, 5.41) is 20.0. The highest BCUT2D eigenvalue weighted by Crippen LogP contribution is 2.29. The van der Waals surface area contributed by atoms with Gasteiger partial charge in [-0.05, 0) is 11.1 Å². The molecule has 2 aromatic carbocycles. The van der Waals surface area contributed by atoms with E-state index in [2.05, 4.69) is 0 Å². The molecule has 1 aliphatic heterocycles. The Bertz CT molecular complexity index is 826. The third-order valence-electron chi connectivity index (χ3n) is 4.63. The lowest BCUT2D eigenvalue weighted by molar-refractivity contribution is -0.302. The quantitative estimate of drug-likeness (QED) is 0.628. The van der Waals surface area contributed by atoms with Crippen LogP contribution in [0.4, 0.5) is 0 Å². The highest BCUT2D eigenvalue weighted by molar-refractivity contribution is 5.74. The molecule has 8 heteroatoms. The van der Waals surface area contributed by atoms with Crippen LogP contribution < -0.4 is 0 Å². The molecule has 0 saturated carbocycles. The average molecular weight is 416 g/mol. The van der Waals surface area contributed by atoms with Gasteiger partial charge >= 0.3 is 11.9 Å². The Morgan fingerprint density at radius 3 is 1.83 bits per heavy atom. The van der Waals surface area contributed by atoms with Gasteiger partial charge in [-0.15, -0.1) is 0 Å². The smallest absolute Gasteiger partial charge is 0.336 e. The first kappa shape index (κ1) is 21.9. The Labute approximate surface area is 173 Å². The summed E-state index contributed by atoms with van der Waals surface area (Å²) in [7, 11) is 0. The number of aliphatic hydroxyl groups excluding tert-OH is 1. The topological polar surface area (TPSA) is 112 Å². The van der Waals surface area contributed by atoms with E-state index in [-0.39, 0.29) is 13.2 Å². The van der Waals surface area contributed by atoms with E-state index in [0.29, 0.717) is 0 Å². The predicted octanol–water partition coefficient (Wildman–Crippen LogP) is 1.89. The number of hydrogen-bond acceptors (Lipinski definition) is 7. The molecule has 1 saturated heterocycles. The second-order valence-electron chi connectivity index (χ2n) is 6.88. The van der Waals surface area contributed by atoms with Crippen molar-refractivity contribution >= 4 is 11.9 Å². The van der Waals surface area contributed by atoms with Gasteiger partial charge in [-0.2, -0.15) is 0 Å². The highest BCUT2D eigenvalue weighted by Gasteiger charge is 2.51. The van der Waals surface area contributed by atoms with E-state index >= 15 is 0 Å². The molecular formula is C22H24O8. The number of ether oxygens (including phenoxy) is 4. The van der Waals surface area contributed by atoms with Crippen LogP contribution in [0.3, 0.4) is 0 Å². The van der Waals surface area contributed by atoms with Crippen molar-refractivity contribution < 1.29 is 38.7 Å². The minimum atomic E-state index is -1.60. The zero-order chi connectivity index (χ0) is 21.5. The van der Waals surface area contributed by atoms with Crippen LogP contribution >= 0.6 is 0 Å². The Kier molecular flexibility index (Phi) is 7.53. The molecular weight excluding hydrogens is 392 g/mol. The van der Waals surface area contributed by atoms with E-state index in [1.165, 1.54) is 0 Å². The van der Waals surface area contributed by atoms with E-state index in [1.54, 1.807) is 0 Å². The normalized spacial score (nSPS) is 26.1. The molecule has 160 valence electrons. The fraction of sp³-hybridized carbons (Fsp3) is 0.364. The maximum absolute atomic E-state index is 11.7. The molecule has 30 heavy (non-hydrogen) atoms. The van der Waals surface area contributed by atoms with E-state index in [1.807, 2.05) is 60.7 Å². The number of carbonyl (C=O) groups is 2. The van der Waals surface area contributed by atoms with Crippen LogP contribution in [0.1, 0.15) is 18.1 Å². The molecule has 1 heterocycles. The lowest BCUT2D eigenvalue weighted by Gasteiger charge is -2.42. The van der Waals surface area contributed by atoms with Crippen molar-refractivity contribution in [3.63, 3.8) is 0 Å². The van der Waals surface area contributed by atoms with Gasteiger partial charge in [0.15, 0.2) is 18.5 Å². The van der Waals surface area contributed by atoms with Crippen molar-refractivity contribution in [3.8, 4) is 0 Å². The number of carboxylic acids is 1. The molecule has 0 amide bonds. The molecule has 0 spiro atoms. The number of rotatable bonds is 8. The second kappa shape index (κ2) is 10.3. The second-order valence-corrected chi connectivity index (χ2v) is 6.88. The van der Waals surface area contributed by atoms with E-state index < -0.39 is 42.6 Å². The summed E-state index contributed by atoms with van der Waals surface area (Å²) in [5.74, 6) is -2.07. The van der Waals surface area contributed by atoms with Gasteiger partial charge in [-0.3, -0.25) is 4.79 Å². The third kappa shape index (κ3) is 5.64. The van der Waals surface area contributed by atoms with Gasteiger partial charge in [0.2, 0.25) is 0 Å². The number of carboxylic acid groups (broad SMARTS) is 1. The summed E-state index contributed by atoms with van der Waals surface area (Å²) in [5.41, 5.74) is 1.67. The van der Waals surface area contributed by atoms with Gasteiger partial charge in [0.05, 0.1) is 13.2 Å². The maximum Gasteiger partial charge on any atom is 0.336 e. The largest absolute Gasteiger partial charge is 0.479 e. The minimum absolute atomic E-state index is 0.105. The molecule has 5 atom stereocenters. The van der Waals surface area contributed by atoms with Crippen LogP contribution in [-0.2, 0) is 41.8 Å². The Morgan fingerprint density at radius 2 is 1.37 bits per heavy atom. The fourth-order valence-corrected chi connectivity index (χ4v) is 3.25. The summed E-state index contributed by atoms with van der Waals surface area (Å²) in [6.45, 7) is 1.40. The number of hydrogen-bond donors (Lipinski definition) is 2. The van der Waals surface area contributed by atoms with Crippen LogP contribution in [0.5, 0.6) is 0 Å². The van der Waals surface area contributed by atoms with Gasteiger partial charge < -0.3 is 29.2 Å². The Balaban J connectivity index is 1.83. The zero-order valence-corrected chi connectivity index (χ0v) is 16.4. The summed E-state index contributed by atoms with van der Waals surface area (Å²) >= 11 is 0. The van der Waals surface area contributed by atoms with Crippen LogP contribution in [0.15, 0.2) is 60.7 Å². The molecule has 1 unspecified atom stereocenters. The Hall–Kier alpha value is -2.78. The molecule has 2 aromatic rings. The van der Waals surface area contributed by atoms with Crippen molar-refractivity contribution in [1.29, 1.82) is 0 Å². The molecule has 2 N–H and O–H groups in total. The zero-order valence-electron chi connectivity index (χ0n) is 16.4. The molecule has 3 rings (SSSR count). The van der Waals surface area contributed by atoms with Crippen molar-refractivity contribution in [2.45, 2.75) is 50.8 Å². The number of carbonyl (C=O) groups excluding carboxylic acids is 1. The molecule has 8 nitrogen and oxygen atoms in total. The van der Waals surface area contributed by atoms with Crippen LogP contribution in [0.25, 0.3) is 0 Å². The monoisotopic (exact) mass is 416 g/mol. The summed E-state index contributed by atoms with van der Waals surface area (Å²) in [4.78, 5) is 23.3. The van der Waals surface area contributed by atoms with E-state index in [4.69, 9.17) is 18.9 Å². The first-order valence-corrected chi connectivity index (χ1v) is 9.50. The predicted molar refractivity (Wildman–Crippen MR) is 104 cm³/mol. The van der Waals surface area contributed by atoms with Gasteiger partial charge in [-0.1, -0.05) is 60.7 Å². The number of esters is 1. The van der Waals surface area contributed by atoms with E-state index in [0.717, 1.165) is 18.1 Å². The summed E-state index contributed by atoms with van der Waals surface area (Å²) in [6.07, 6.45) is -6.62. The highest BCUT2D eigenvalue weighted by atomic mass is 16.7. The lowest BCUT2D eigenvalue weighted by Crippen LogP contribution is -2.62. The molecule has 1 fully saturated rings. The molecule has 0 aromatic heterocycles. The van der Waals surface area contributed by atoms with Gasteiger partial charge in [-0.25, -0.2) is 4.79 Å². The minimum Gasteiger partial charge on any atom is -0.479 e. The first-order valence-electron chi connectivity index (χ1n) is 9.50. The number of aliphatic hydroxyl groups is 1. The van der Waals surface area contributed by atoms with Gasteiger partial charge in [0.25, 0.3) is 0 Å². The SMILES string of the molecule is CC(=O)O[C@H]1[C@H](OCc2ccccc2)[C@@H](OCc2ccccc2)C(O)O[C@@H]1C(=O)O. The van der Waals surface area contributed by atoms with Crippen molar-refractivity contribution in [1.82, 2.24) is 0 Å². The Morgan fingerprint density at radius 1 is 0.867 bits per heavy atom.